The summed E-state index contributed by atoms with van der Waals surface area (Å²) in [6, 6.07) is 3.53. The number of carbonyl (C=O) groups is 2. The maximum atomic E-state index is 12.3. The Bertz CT molecular complexity index is 574. The topological polar surface area (TPSA) is 89.9 Å². The molecular formula is C14H18N2O4S. The van der Waals surface area contributed by atoms with Crippen LogP contribution in [0.5, 0.6) is 5.75 Å². The fraction of sp³-hybridized carbons (Fsp3) is 0.429. The second-order valence-electron chi connectivity index (χ2n) is 5.49. The van der Waals surface area contributed by atoms with Crippen LogP contribution in [0.1, 0.15) is 24.2 Å². The van der Waals surface area contributed by atoms with E-state index >= 15 is 0 Å². The molecule has 0 saturated carbocycles. The second kappa shape index (κ2) is 5.85. The molecule has 0 radical (unpaired) electrons. The van der Waals surface area contributed by atoms with E-state index in [1.54, 1.807) is 4.90 Å². The number of aromatic carboxylic acids is 1. The van der Waals surface area contributed by atoms with Crippen molar-refractivity contribution < 1.29 is 19.8 Å². The number of nitrogens with one attached hydrogen (secondary N) is 1. The Morgan fingerprint density at radius 2 is 2.10 bits per heavy atom. The molecule has 0 atom stereocenters. The van der Waals surface area contributed by atoms with E-state index < -0.39 is 5.97 Å². The monoisotopic (exact) mass is 310 g/mol. The third-order valence-electron chi connectivity index (χ3n) is 3.19. The van der Waals surface area contributed by atoms with Crippen molar-refractivity contribution in [3.05, 3.63) is 23.8 Å². The van der Waals surface area contributed by atoms with E-state index in [0.29, 0.717) is 13.1 Å². The van der Waals surface area contributed by atoms with Gasteiger partial charge in [-0.3, -0.25) is 0 Å². The number of phenolic OH excluding ortho intramolecular Hbond substituents is 1. The quantitative estimate of drug-likeness (QED) is 0.730. The maximum Gasteiger partial charge on any atom is 0.337 e. The lowest BCUT2D eigenvalue weighted by Gasteiger charge is -2.37. The number of thioether (sulfide) groups is 1. The minimum atomic E-state index is -1.20. The van der Waals surface area contributed by atoms with Crippen LogP contribution < -0.4 is 5.32 Å². The lowest BCUT2D eigenvalue weighted by molar-refractivity contribution is 0.0697. The first-order valence-corrected chi connectivity index (χ1v) is 7.53. The molecule has 3 N–H and O–H groups in total. The molecule has 7 heteroatoms. The van der Waals surface area contributed by atoms with Crippen molar-refractivity contribution in [3.8, 4) is 5.75 Å². The molecule has 1 aromatic carbocycles. The Labute approximate surface area is 127 Å². The molecule has 0 unspecified atom stereocenters. The number of urea groups is 1. The van der Waals surface area contributed by atoms with E-state index in [-0.39, 0.29) is 27.8 Å². The first kappa shape index (κ1) is 15.5. The molecule has 0 aromatic heterocycles. The minimum Gasteiger partial charge on any atom is -0.508 e. The maximum absolute atomic E-state index is 12.3. The van der Waals surface area contributed by atoms with E-state index in [1.807, 2.05) is 11.8 Å². The van der Waals surface area contributed by atoms with Gasteiger partial charge in [0, 0.05) is 23.6 Å². The number of carbonyl (C=O) groups excluding carboxylic acids is 1. The molecule has 6 nitrogen and oxygen atoms in total. The number of aromatic hydroxyl groups is 1. The summed E-state index contributed by atoms with van der Waals surface area (Å²) in [5.41, 5.74) is 0.0512. The van der Waals surface area contributed by atoms with Gasteiger partial charge in [0.05, 0.1) is 11.3 Å². The highest BCUT2D eigenvalue weighted by Gasteiger charge is 2.30. The summed E-state index contributed by atoms with van der Waals surface area (Å²) in [6.07, 6.45) is 0. The number of benzene rings is 1. The van der Waals surface area contributed by atoms with Gasteiger partial charge in [-0.25, -0.2) is 9.59 Å². The lowest BCUT2D eigenvalue weighted by atomic mass is 10.1. The summed E-state index contributed by atoms with van der Waals surface area (Å²) < 4.78 is -0.0137. The second-order valence-corrected chi connectivity index (χ2v) is 7.30. The number of hydrogen-bond acceptors (Lipinski definition) is 4. The van der Waals surface area contributed by atoms with Crippen LogP contribution in [0.4, 0.5) is 10.5 Å². The molecule has 21 heavy (non-hydrogen) atoms. The van der Waals surface area contributed by atoms with Crippen molar-refractivity contribution in [2.45, 2.75) is 18.6 Å². The highest BCUT2D eigenvalue weighted by atomic mass is 32.2. The Morgan fingerprint density at radius 1 is 1.38 bits per heavy atom. The number of phenols is 1. The third kappa shape index (κ3) is 3.81. The van der Waals surface area contributed by atoms with E-state index in [2.05, 4.69) is 19.2 Å². The Balaban J connectivity index is 2.14. The fourth-order valence-electron chi connectivity index (χ4n) is 2.20. The largest absolute Gasteiger partial charge is 0.508 e. The third-order valence-corrected chi connectivity index (χ3v) is 4.49. The number of anilines is 1. The molecule has 114 valence electrons. The first-order chi connectivity index (χ1) is 9.78. The van der Waals surface area contributed by atoms with Crippen molar-refractivity contribution in [2.24, 2.45) is 0 Å². The molecule has 2 amide bonds. The molecule has 1 aromatic rings. The number of carboxylic acids is 1. The number of amides is 2. The van der Waals surface area contributed by atoms with Crippen LogP contribution in [-0.2, 0) is 0 Å². The van der Waals surface area contributed by atoms with Gasteiger partial charge < -0.3 is 20.4 Å². The Morgan fingerprint density at radius 3 is 2.71 bits per heavy atom. The number of hydrogen-bond donors (Lipinski definition) is 3. The predicted octanol–water partition coefficient (Wildman–Crippen LogP) is 2.45. The van der Waals surface area contributed by atoms with Gasteiger partial charge in [0.1, 0.15) is 5.75 Å². The lowest BCUT2D eigenvalue weighted by Crippen LogP contribution is -2.47. The van der Waals surface area contributed by atoms with Crippen LogP contribution in [-0.4, -0.2) is 50.7 Å². The van der Waals surface area contributed by atoms with E-state index in [0.717, 1.165) is 11.8 Å². The smallest absolute Gasteiger partial charge is 0.337 e. The molecular weight excluding hydrogens is 292 g/mol. The zero-order chi connectivity index (χ0) is 15.6. The first-order valence-electron chi connectivity index (χ1n) is 6.55. The van der Waals surface area contributed by atoms with Crippen LogP contribution in [0.3, 0.4) is 0 Å². The van der Waals surface area contributed by atoms with Gasteiger partial charge in [0.2, 0.25) is 0 Å². The number of carboxylic acid groups (broad SMARTS) is 1. The van der Waals surface area contributed by atoms with Crippen LogP contribution in [0.25, 0.3) is 0 Å². The Kier molecular flexibility index (Phi) is 4.32. The van der Waals surface area contributed by atoms with Crippen molar-refractivity contribution in [3.63, 3.8) is 0 Å². The minimum absolute atomic E-state index is 0.0137. The van der Waals surface area contributed by atoms with Crippen molar-refractivity contribution in [2.75, 3.05) is 24.2 Å². The number of nitrogens with zero attached hydrogens (tertiary/aromatic N) is 1. The normalized spacial score (nSPS) is 17.3. The summed E-state index contributed by atoms with van der Waals surface area (Å²) in [4.78, 5) is 25.1. The van der Waals surface area contributed by atoms with Crippen molar-refractivity contribution in [1.29, 1.82) is 0 Å². The summed E-state index contributed by atoms with van der Waals surface area (Å²) in [7, 11) is 0. The molecule has 2 rings (SSSR count). The zero-order valence-electron chi connectivity index (χ0n) is 11.9. The molecule has 0 aliphatic carbocycles. The zero-order valence-corrected chi connectivity index (χ0v) is 12.7. The summed E-state index contributed by atoms with van der Waals surface area (Å²) in [6.45, 7) is 5.37. The summed E-state index contributed by atoms with van der Waals surface area (Å²) in [5, 5.41) is 21.1. The van der Waals surface area contributed by atoms with E-state index in [1.165, 1.54) is 12.1 Å². The molecule has 1 heterocycles. The van der Waals surface area contributed by atoms with E-state index in [4.69, 9.17) is 5.11 Å². The average Bonchev–Trinajstić information content (AvgIpc) is 2.39. The molecule has 0 bridgehead atoms. The van der Waals surface area contributed by atoms with Crippen LogP contribution in [0.15, 0.2) is 18.2 Å². The number of rotatable bonds is 2. The van der Waals surface area contributed by atoms with E-state index in [9.17, 15) is 14.7 Å². The van der Waals surface area contributed by atoms with Gasteiger partial charge in [-0.2, -0.15) is 11.8 Å². The highest BCUT2D eigenvalue weighted by Crippen LogP contribution is 2.30. The van der Waals surface area contributed by atoms with Gasteiger partial charge in [0.25, 0.3) is 0 Å². The Hall–Kier alpha value is -1.89. The van der Waals surface area contributed by atoms with Crippen LogP contribution in [0.2, 0.25) is 0 Å². The predicted molar refractivity (Wildman–Crippen MR) is 82.2 cm³/mol. The average molecular weight is 310 g/mol. The molecule has 0 spiro atoms. The van der Waals surface area contributed by atoms with Crippen LogP contribution >= 0.6 is 11.8 Å². The summed E-state index contributed by atoms with van der Waals surface area (Å²) in [5.74, 6) is -0.501. The van der Waals surface area contributed by atoms with Crippen molar-refractivity contribution >= 4 is 29.4 Å². The fourth-order valence-corrected chi connectivity index (χ4v) is 3.31. The molecule has 1 aliphatic rings. The molecule has 1 fully saturated rings. The van der Waals surface area contributed by atoms with Crippen LogP contribution in [0, 0.1) is 0 Å². The summed E-state index contributed by atoms with van der Waals surface area (Å²) >= 11 is 1.81. The van der Waals surface area contributed by atoms with Gasteiger partial charge in [-0.1, -0.05) is 0 Å². The van der Waals surface area contributed by atoms with Gasteiger partial charge in [0.15, 0.2) is 0 Å². The van der Waals surface area contributed by atoms with Crippen molar-refractivity contribution in [1.82, 2.24) is 4.90 Å². The standard InChI is InChI=1S/C14H18N2O4S/c1-14(2)8-16(5-6-21-14)13(20)15-11-4-3-9(17)7-10(11)12(18)19/h3-4,7,17H,5-6,8H2,1-2H3,(H,15,20)(H,18,19). The SMILES string of the molecule is CC1(C)CN(C(=O)Nc2ccc(O)cc2C(=O)O)CCS1. The molecule has 1 saturated heterocycles. The van der Waals surface area contributed by atoms with Gasteiger partial charge in [-0.15, -0.1) is 0 Å². The van der Waals surface area contributed by atoms with Gasteiger partial charge >= 0.3 is 12.0 Å². The molecule has 1 aliphatic heterocycles. The highest BCUT2D eigenvalue weighted by molar-refractivity contribution is 8.00. The van der Waals surface area contributed by atoms with Gasteiger partial charge in [-0.05, 0) is 32.0 Å².